The van der Waals surface area contributed by atoms with Gasteiger partial charge in [-0.2, -0.15) is 0 Å². The molecule has 114 valence electrons. The van der Waals surface area contributed by atoms with E-state index >= 15 is 0 Å². The Morgan fingerprint density at radius 3 is 2.76 bits per heavy atom. The first kappa shape index (κ1) is 14.3. The minimum absolute atomic E-state index is 0.132. The van der Waals surface area contributed by atoms with Gasteiger partial charge in [-0.25, -0.2) is 0 Å². The second-order valence-electron chi connectivity index (χ2n) is 6.19. The number of aliphatic hydroxyl groups excluding tert-OH is 1. The Morgan fingerprint density at radius 2 is 2.00 bits per heavy atom. The molecule has 2 atom stereocenters. The molecule has 0 radical (unpaired) electrons. The highest BCUT2D eigenvalue weighted by Crippen LogP contribution is 2.40. The zero-order valence-corrected chi connectivity index (χ0v) is 12.2. The molecule has 1 N–H and O–H groups in total. The maximum atomic E-state index is 11.4. The molecule has 0 bridgehead atoms. The fourth-order valence-electron chi connectivity index (χ4n) is 3.98. The lowest BCUT2D eigenvalue weighted by molar-refractivity contribution is -0.384. The van der Waals surface area contributed by atoms with Gasteiger partial charge in [0.15, 0.2) is 0 Å². The van der Waals surface area contributed by atoms with Crippen LogP contribution in [0.25, 0.3) is 0 Å². The van der Waals surface area contributed by atoms with Crippen molar-refractivity contribution in [3.8, 4) is 0 Å². The number of aliphatic hydroxyl groups is 1. The number of anilines is 1. The predicted octanol–water partition coefficient (Wildman–Crippen LogP) is 3.25. The lowest BCUT2D eigenvalue weighted by Gasteiger charge is -2.45. The van der Waals surface area contributed by atoms with Crippen LogP contribution >= 0.6 is 0 Å². The zero-order chi connectivity index (χ0) is 14.8. The molecule has 2 aliphatic rings. The summed E-state index contributed by atoms with van der Waals surface area (Å²) < 4.78 is 0. The first-order valence-electron chi connectivity index (χ1n) is 7.85. The van der Waals surface area contributed by atoms with Crippen molar-refractivity contribution in [2.45, 2.75) is 51.2 Å². The molecule has 1 aromatic carbocycles. The molecule has 0 aromatic heterocycles. The number of nitrogens with zero attached hydrogens (tertiary/aromatic N) is 2. The van der Waals surface area contributed by atoms with E-state index in [1.54, 1.807) is 6.07 Å². The van der Waals surface area contributed by atoms with Crippen LogP contribution in [0.3, 0.4) is 0 Å². The van der Waals surface area contributed by atoms with Crippen LogP contribution in [0.15, 0.2) is 18.2 Å². The Bertz CT molecular complexity index is 530. The fraction of sp³-hybridized carbons (Fsp3) is 0.625. The van der Waals surface area contributed by atoms with Crippen LogP contribution in [0.4, 0.5) is 11.4 Å². The third-order valence-electron chi connectivity index (χ3n) is 4.97. The molecular weight excluding hydrogens is 268 g/mol. The molecular formula is C16H22N2O3. The van der Waals surface area contributed by atoms with Crippen molar-refractivity contribution in [1.29, 1.82) is 0 Å². The molecule has 0 unspecified atom stereocenters. The summed E-state index contributed by atoms with van der Waals surface area (Å²) >= 11 is 0. The van der Waals surface area contributed by atoms with Gasteiger partial charge in [0.05, 0.1) is 11.5 Å². The van der Waals surface area contributed by atoms with Gasteiger partial charge in [-0.15, -0.1) is 0 Å². The Hall–Kier alpha value is -1.62. The van der Waals surface area contributed by atoms with Gasteiger partial charge in [0.2, 0.25) is 0 Å². The average molecular weight is 290 g/mol. The number of hydrogen-bond donors (Lipinski definition) is 1. The maximum Gasteiger partial charge on any atom is 0.292 e. The average Bonchev–Trinajstić information content (AvgIpc) is 2.53. The molecule has 2 fully saturated rings. The molecule has 5 heteroatoms. The molecule has 1 aliphatic carbocycles. The van der Waals surface area contributed by atoms with E-state index in [2.05, 4.69) is 4.90 Å². The number of rotatable bonds is 3. The molecule has 0 spiro atoms. The van der Waals surface area contributed by atoms with Crippen molar-refractivity contribution in [2.75, 3.05) is 11.4 Å². The highest BCUT2D eigenvalue weighted by Gasteiger charge is 2.35. The maximum absolute atomic E-state index is 11.4. The summed E-state index contributed by atoms with van der Waals surface area (Å²) in [5, 5.41) is 20.6. The highest BCUT2D eigenvalue weighted by atomic mass is 16.6. The number of nitro benzene ring substituents is 1. The zero-order valence-electron chi connectivity index (χ0n) is 12.2. The van der Waals surface area contributed by atoms with Gasteiger partial charge >= 0.3 is 0 Å². The lowest BCUT2D eigenvalue weighted by Crippen LogP contribution is -2.47. The van der Waals surface area contributed by atoms with Crippen LogP contribution in [-0.4, -0.2) is 22.6 Å². The van der Waals surface area contributed by atoms with Crippen molar-refractivity contribution in [3.05, 3.63) is 33.9 Å². The normalized spacial score (nSPS) is 25.5. The van der Waals surface area contributed by atoms with Crippen molar-refractivity contribution < 1.29 is 10.0 Å². The van der Waals surface area contributed by atoms with E-state index in [0.717, 1.165) is 25.1 Å². The minimum atomic E-state index is -0.319. The van der Waals surface area contributed by atoms with Crippen molar-refractivity contribution >= 4 is 11.4 Å². The minimum Gasteiger partial charge on any atom is -0.392 e. The van der Waals surface area contributed by atoms with Gasteiger partial charge in [-0.3, -0.25) is 10.1 Å². The van der Waals surface area contributed by atoms with Crippen LogP contribution < -0.4 is 4.90 Å². The largest absolute Gasteiger partial charge is 0.392 e. The van der Waals surface area contributed by atoms with Gasteiger partial charge in [-0.05, 0) is 43.2 Å². The summed E-state index contributed by atoms with van der Waals surface area (Å²) in [6.07, 6.45) is 7.28. The first-order valence-corrected chi connectivity index (χ1v) is 7.85. The predicted molar refractivity (Wildman–Crippen MR) is 81.3 cm³/mol. The Kier molecular flexibility index (Phi) is 4.10. The number of nitro groups is 1. The van der Waals surface area contributed by atoms with E-state index in [-0.39, 0.29) is 17.2 Å². The topological polar surface area (TPSA) is 66.6 Å². The van der Waals surface area contributed by atoms with Crippen molar-refractivity contribution in [2.24, 2.45) is 5.92 Å². The molecule has 3 rings (SSSR count). The molecule has 0 amide bonds. The molecule has 21 heavy (non-hydrogen) atoms. The smallest absolute Gasteiger partial charge is 0.292 e. The number of benzene rings is 1. The third kappa shape index (κ3) is 2.75. The number of fused-ring (bicyclic) bond motifs is 1. The fourth-order valence-corrected chi connectivity index (χ4v) is 3.98. The van der Waals surface area contributed by atoms with Crippen LogP contribution in [0.2, 0.25) is 0 Å². The summed E-state index contributed by atoms with van der Waals surface area (Å²) in [7, 11) is 0. The number of hydrogen-bond acceptors (Lipinski definition) is 4. The highest BCUT2D eigenvalue weighted by molar-refractivity contribution is 5.65. The van der Waals surface area contributed by atoms with Gasteiger partial charge < -0.3 is 10.0 Å². The second-order valence-corrected chi connectivity index (χ2v) is 6.19. The molecule has 5 nitrogen and oxygen atoms in total. The van der Waals surface area contributed by atoms with Crippen LogP contribution in [0.5, 0.6) is 0 Å². The van der Waals surface area contributed by atoms with E-state index < -0.39 is 0 Å². The Labute approximate surface area is 124 Å². The molecule has 1 heterocycles. The third-order valence-corrected chi connectivity index (χ3v) is 4.97. The standard InChI is InChI=1S/C16H22N2O3/c19-11-12-7-8-15(16(10-12)18(20)21)17-9-3-5-13-4-1-2-6-14(13)17/h7-8,10,13-14,19H,1-6,9,11H2/t13-,14-/m1/s1. The van der Waals surface area contributed by atoms with Gasteiger partial charge in [0.1, 0.15) is 5.69 Å². The van der Waals surface area contributed by atoms with Gasteiger partial charge in [0.25, 0.3) is 5.69 Å². The summed E-state index contributed by atoms with van der Waals surface area (Å²) in [5.74, 6) is 0.685. The number of piperidine rings is 1. The second kappa shape index (κ2) is 6.02. The molecule has 1 saturated carbocycles. The SMILES string of the molecule is O=[N+]([O-])c1cc(CO)ccc1N1CCC[C@H]2CCCC[C@H]21. The first-order chi connectivity index (χ1) is 10.2. The van der Waals surface area contributed by atoms with E-state index in [0.29, 0.717) is 17.5 Å². The summed E-state index contributed by atoms with van der Waals surface area (Å²) in [6, 6.07) is 5.59. The lowest BCUT2D eigenvalue weighted by atomic mass is 9.78. The molecule has 1 saturated heterocycles. The summed E-state index contributed by atoms with van der Waals surface area (Å²) in [4.78, 5) is 13.3. The summed E-state index contributed by atoms with van der Waals surface area (Å²) in [5.41, 5.74) is 1.46. The van der Waals surface area contributed by atoms with E-state index in [1.807, 2.05) is 6.07 Å². The van der Waals surface area contributed by atoms with Gasteiger partial charge in [0, 0.05) is 18.7 Å². The quantitative estimate of drug-likeness (QED) is 0.685. The Morgan fingerprint density at radius 1 is 1.24 bits per heavy atom. The van der Waals surface area contributed by atoms with E-state index in [4.69, 9.17) is 0 Å². The van der Waals surface area contributed by atoms with E-state index in [1.165, 1.54) is 31.7 Å². The molecule has 1 aromatic rings. The van der Waals surface area contributed by atoms with Crippen LogP contribution in [0, 0.1) is 16.0 Å². The van der Waals surface area contributed by atoms with Crippen LogP contribution in [0.1, 0.15) is 44.1 Å². The Balaban J connectivity index is 1.96. The monoisotopic (exact) mass is 290 g/mol. The van der Waals surface area contributed by atoms with Crippen molar-refractivity contribution in [1.82, 2.24) is 0 Å². The van der Waals surface area contributed by atoms with Crippen LogP contribution in [-0.2, 0) is 6.61 Å². The van der Waals surface area contributed by atoms with Gasteiger partial charge in [-0.1, -0.05) is 18.9 Å². The summed E-state index contributed by atoms with van der Waals surface area (Å²) in [6.45, 7) is 0.744. The van der Waals surface area contributed by atoms with Crippen molar-refractivity contribution in [3.63, 3.8) is 0 Å². The molecule has 1 aliphatic heterocycles. The van der Waals surface area contributed by atoms with E-state index in [9.17, 15) is 15.2 Å².